The lowest BCUT2D eigenvalue weighted by Crippen LogP contribution is -2.46. The van der Waals surface area contributed by atoms with Gasteiger partial charge < -0.3 is 15.0 Å². The Morgan fingerprint density at radius 3 is 2.28 bits per heavy atom. The molecule has 3 aromatic carbocycles. The molecule has 1 heterocycles. The van der Waals surface area contributed by atoms with E-state index in [9.17, 15) is 9.59 Å². The molecule has 0 unspecified atom stereocenters. The van der Waals surface area contributed by atoms with E-state index in [2.05, 4.69) is 17.4 Å². The van der Waals surface area contributed by atoms with Gasteiger partial charge in [0.2, 0.25) is 5.91 Å². The van der Waals surface area contributed by atoms with Gasteiger partial charge in [0.25, 0.3) is 5.91 Å². The van der Waals surface area contributed by atoms with Crippen LogP contribution in [0.3, 0.4) is 0 Å². The van der Waals surface area contributed by atoms with Crippen LogP contribution in [-0.4, -0.2) is 36.9 Å². The fourth-order valence-electron chi connectivity index (χ4n) is 4.12. The van der Waals surface area contributed by atoms with E-state index in [0.717, 1.165) is 11.3 Å². The smallest absolute Gasteiger partial charge is 0.253 e. The van der Waals surface area contributed by atoms with Gasteiger partial charge in [-0.1, -0.05) is 41.9 Å². The molecule has 0 radical (unpaired) electrons. The first-order valence-corrected chi connectivity index (χ1v) is 11.0. The number of nitrogens with one attached hydrogen (secondary N) is 1. The number of carbonyl (C=O) groups excluding carboxylic acids is 2. The highest BCUT2D eigenvalue weighted by Gasteiger charge is 2.35. The van der Waals surface area contributed by atoms with Gasteiger partial charge >= 0.3 is 0 Å². The summed E-state index contributed by atoms with van der Waals surface area (Å²) in [6.07, 6.45) is 0.677. The van der Waals surface area contributed by atoms with Crippen molar-refractivity contribution in [2.45, 2.75) is 12.3 Å². The molecule has 5 nitrogen and oxygen atoms in total. The third-order valence-electron chi connectivity index (χ3n) is 5.83. The van der Waals surface area contributed by atoms with Crippen LogP contribution < -0.4 is 10.1 Å². The highest BCUT2D eigenvalue weighted by Crippen LogP contribution is 2.32. The number of hydrogen-bond donors (Lipinski definition) is 1. The van der Waals surface area contributed by atoms with E-state index in [0.29, 0.717) is 35.8 Å². The maximum atomic E-state index is 13.2. The normalized spacial score (nSPS) is 18.1. The molecule has 2 atom stereocenters. The predicted molar refractivity (Wildman–Crippen MR) is 126 cm³/mol. The first-order chi connectivity index (χ1) is 15.5. The van der Waals surface area contributed by atoms with Crippen molar-refractivity contribution in [2.75, 3.05) is 25.5 Å². The molecule has 1 saturated heterocycles. The quantitative estimate of drug-likeness (QED) is 0.581. The number of piperidine rings is 1. The van der Waals surface area contributed by atoms with Crippen LogP contribution in [0.2, 0.25) is 5.02 Å². The van der Waals surface area contributed by atoms with E-state index in [-0.39, 0.29) is 23.7 Å². The van der Waals surface area contributed by atoms with Crippen LogP contribution in [-0.2, 0) is 4.79 Å². The third-order valence-corrected chi connectivity index (χ3v) is 6.08. The van der Waals surface area contributed by atoms with Crippen molar-refractivity contribution in [2.24, 2.45) is 5.92 Å². The summed E-state index contributed by atoms with van der Waals surface area (Å²) in [4.78, 5) is 28.2. The van der Waals surface area contributed by atoms with Crippen molar-refractivity contribution < 1.29 is 14.3 Å². The zero-order valence-electron chi connectivity index (χ0n) is 17.8. The van der Waals surface area contributed by atoms with Gasteiger partial charge in [-0.15, -0.1) is 0 Å². The summed E-state index contributed by atoms with van der Waals surface area (Å²) in [5.41, 5.74) is 2.40. The predicted octanol–water partition coefficient (Wildman–Crippen LogP) is 5.23. The molecule has 6 heteroatoms. The maximum absolute atomic E-state index is 13.2. The Balaban J connectivity index is 1.55. The Morgan fingerprint density at radius 1 is 0.938 bits per heavy atom. The molecular formula is C26H25ClN2O3. The van der Waals surface area contributed by atoms with E-state index in [4.69, 9.17) is 16.3 Å². The summed E-state index contributed by atoms with van der Waals surface area (Å²) < 4.78 is 5.18. The minimum atomic E-state index is -0.327. The summed E-state index contributed by atoms with van der Waals surface area (Å²) in [6.45, 7) is 0.935. The Labute approximate surface area is 193 Å². The van der Waals surface area contributed by atoms with Crippen molar-refractivity contribution >= 4 is 29.1 Å². The van der Waals surface area contributed by atoms with Gasteiger partial charge in [0.05, 0.1) is 13.0 Å². The molecule has 164 valence electrons. The monoisotopic (exact) mass is 448 g/mol. The molecule has 1 fully saturated rings. The van der Waals surface area contributed by atoms with E-state index in [1.807, 2.05) is 30.3 Å². The Bertz CT molecular complexity index is 1070. The van der Waals surface area contributed by atoms with E-state index >= 15 is 0 Å². The number of carbonyl (C=O) groups is 2. The lowest BCUT2D eigenvalue weighted by atomic mass is 9.83. The standard InChI is InChI=1S/C26H25ClN2O3/c1-32-24-13-11-23(12-14-24)28-25(30)21-15-20(18-5-3-2-4-6-18)16-29(17-21)26(31)19-7-9-22(27)10-8-19/h2-14,20-21H,15-17H2,1H3,(H,28,30)/t20-,21+/m1/s1. The largest absolute Gasteiger partial charge is 0.497 e. The molecule has 0 bridgehead atoms. The van der Waals surface area contributed by atoms with Gasteiger partial charge in [-0.25, -0.2) is 0 Å². The van der Waals surface area contributed by atoms with Crippen LogP contribution in [0.4, 0.5) is 5.69 Å². The average Bonchev–Trinajstić information content (AvgIpc) is 2.85. The Morgan fingerprint density at radius 2 is 1.62 bits per heavy atom. The molecular weight excluding hydrogens is 424 g/mol. The number of amides is 2. The molecule has 3 aromatic rings. The minimum absolute atomic E-state index is 0.0767. The maximum Gasteiger partial charge on any atom is 0.253 e. The second kappa shape index (κ2) is 9.88. The Hall–Kier alpha value is -3.31. The number of hydrogen-bond acceptors (Lipinski definition) is 3. The van der Waals surface area contributed by atoms with E-state index in [1.165, 1.54) is 0 Å². The first-order valence-electron chi connectivity index (χ1n) is 10.6. The molecule has 0 saturated carbocycles. The molecule has 0 aliphatic carbocycles. The fraction of sp³-hybridized carbons (Fsp3) is 0.231. The summed E-state index contributed by atoms with van der Waals surface area (Å²) in [7, 11) is 1.60. The minimum Gasteiger partial charge on any atom is -0.497 e. The molecule has 0 spiro atoms. The molecule has 1 N–H and O–H groups in total. The van der Waals surface area contributed by atoms with Crippen molar-refractivity contribution in [3.63, 3.8) is 0 Å². The van der Waals surface area contributed by atoms with Crippen LogP contribution >= 0.6 is 11.6 Å². The first kappa shape index (κ1) is 21.9. The van der Waals surface area contributed by atoms with Gasteiger partial charge in [0, 0.05) is 35.3 Å². The summed E-state index contributed by atoms with van der Waals surface area (Å²) in [6, 6.07) is 24.2. The SMILES string of the molecule is COc1ccc(NC(=O)[C@H]2C[C@@H](c3ccccc3)CN(C(=O)c3ccc(Cl)cc3)C2)cc1. The van der Waals surface area contributed by atoms with Gasteiger partial charge in [-0.05, 0) is 60.5 Å². The van der Waals surface area contributed by atoms with E-state index in [1.54, 1.807) is 48.4 Å². The van der Waals surface area contributed by atoms with E-state index < -0.39 is 0 Å². The Kier molecular flexibility index (Phi) is 6.76. The molecule has 0 aromatic heterocycles. The third kappa shape index (κ3) is 5.11. The van der Waals surface area contributed by atoms with Crippen molar-refractivity contribution in [3.05, 3.63) is 95.0 Å². The number of rotatable bonds is 5. The topological polar surface area (TPSA) is 58.6 Å². The summed E-state index contributed by atoms with van der Waals surface area (Å²) in [5.74, 6) is 0.291. The highest BCUT2D eigenvalue weighted by molar-refractivity contribution is 6.30. The van der Waals surface area contributed by atoms with Gasteiger partial charge in [-0.2, -0.15) is 0 Å². The molecule has 1 aliphatic heterocycles. The van der Waals surface area contributed by atoms with Crippen molar-refractivity contribution in [1.29, 1.82) is 0 Å². The zero-order valence-corrected chi connectivity index (χ0v) is 18.6. The number of benzene rings is 3. The number of likely N-dealkylation sites (tertiary alicyclic amines) is 1. The lowest BCUT2D eigenvalue weighted by molar-refractivity contribution is -0.121. The molecule has 32 heavy (non-hydrogen) atoms. The average molecular weight is 449 g/mol. The second-order valence-electron chi connectivity index (χ2n) is 7.98. The van der Waals surface area contributed by atoms with Crippen LogP contribution in [0.1, 0.15) is 28.3 Å². The van der Waals surface area contributed by atoms with Crippen molar-refractivity contribution in [1.82, 2.24) is 4.90 Å². The summed E-state index contributed by atoms with van der Waals surface area (Å²) >= 11 is 5.98. The van der Waals surface area contributed by atoms with Gasteiger partial charge in [0.1, 0.15) is 5.75 Å². The highest BCUT2D eigenvalue weighted by atomic mass is 35.5. The van der Waals surface area contributed by atoms with Crippen molar-refractivity contribution in [3.8, 4) is 5.75 Å². The zero-order chi connectivity index (χ0) is 22.5. The summed E-state index contributed by atoms with van der Waals surface area (Å²) in [5, 5.41) is 3.57. The molecule has 4 rings (SSSR count). The number of anilines is 1. The fourth-order valence-corrected chi connectivity index (χ4v) is 4.24. The molecule has 1 aliphatic rings. The van der Waals surface area contributed by atoms with Crippen LogP contribution in [0, 0.1) is 5.92 Å². The van der Waals surface area contributed by atoms with Crippen LogP contribution in [0.5, 0.6) is 5.75 Å². The number of ether oxygens (including phenoxy) is 1. The van der Waals surface area contributed by atoms with Gasteiger partial charge in [-0.3, -0.25) is 9.59 Å². The molecule has 2 amide bonds. The number of nitrogens with zero attached hydrogens (tertiary/aromatic N) is 1. The number of methoxy groups -OCH3 is 1. The van der Waals surface area contributed by atoms with Gasteiger partial charge in [0.15, 0.2) is 0 Å². The lowest BCUT2D eigenvalue weighted by Gasteiger charge is -2.37. The van der Waals surface area contributed by atoms with Crippen LogP contribution in [0.15, 0.2) is 78.9 Å². The van der Waals surface area contributed by atoms with Crippen LogP contribution in [0.25, 0.3) is 0 Å². The number of halogens is 1. The second-order valence-corrected chi connectivity index (χ2v) is 8.41.